The molecule has 28 heavy (non-hydrogen) atoms. The lowest BCUT2D eigenvalue weighted by Crippen LogP contribution is -2.57. The Morgan fingerprint density at radius 1 is 1.25 bits per heavy atom. The molecule has 0 spiro atoms. The largest absolute Gasteiger partial charge is 0.377 e. The average Bonchev–Trinajstić information content (AvgIpc) is 3.25. The highest BCUT2D eigenvalue weighted by Gasteiger charge is 2.60. The predicted molar refractivity (Wildman–Crippen MR) is 111 cm³/mol. The molecule has 1 aromatic carbocycles. The van der Waals surface area contributed by atoms with Gasteiger partial charge in [0.15, 0.2) is 0 Å². The second kappa shape index (κ2) is 6.87. The van der Waals surface area contributed by atoms with Crippen LogP contribution in [-0.2, 0) is 5.60 Å². The number of β-amino-alcohol motifs (C(OH)–C–C–N with tert-alkyl or cyclic N) is 1. The van der Waals surface area contributed by atoms with Crippen molar-refractivity contribution in [1.29, 1.82) is 0 Å². The van der Waals surface area contributed by atoms with Gasteiger partial charge < -0.3 is 10.4 Å². The number of nitrogens with one attached hydrogen (secondary N) is 1. The van der Waals surface area contributed by atoms with E-state index in [9.17, 15) is 9.90 Å². The minimum Gasteiger partial charge on any atom is -0.377 e. The number of benzene rings is 1. The molecule has 2 aliphatic carbocycles. The highest BCUT2D eigenvalue weighted by atomic mass is 16.3. The van der Waals surface area contributed by atoms with Crippen LogP contribution >= 0.6 is 0 Å². The fourth-order valence-corrected chi connectivity index (χ4v) is 5.65. The van der Waals surface area contributed by atoms with Crippen LogP contribution in [0.5, 0.6) is 0 Å². The summed E-state index contributed by atoms with van der Waals surface area (Å²) in [5, 5.41) is 20.9. The fraction of sp³-hybridized carbons (Fsp3) is 0.652. The minimum absolute atomic E-state index is 0.164. The van der Waals surface area contributed by atoms with Crippen LogP contribution in [0.25, 0.3) is 0 Å². The molecule has 152 valence electrons. The first-order chi connectivity index (χ1) is 13.3. The summed E-state index contributed by atoms with van der Waals surface area (Å²) in [5.74, 6) is 0.542. The van der Waals surface area contributed by atoms with Gasteiger partial charge in [-0.1, -0.05) is 50.6 Å². The molecule has 5 heteroatoms. The molecule has 1 aliphatic heterocycles. The van der Waals surface area contributed by atoms with Gasteiger partial charge in [0.05, 0.1) is 12.3 Å². The second-order valence-corrected chi connectivity index (χ2v) is 9.40. The van der Waals surface area contributed by atoms with E-state index in [4.69, 9.17) is 0 Å². The van der Waals surface area contributed by atoms with Crippen molar-refractivity contribution in [2.75, 3.05) is 6.54 Å². The van der Waals surface area contributed by atoms with Crippen molar-refractivity contribution in [1.82, 2.24) is 10.3 Å². The molecule has 0 aromatic heterocycles. The minimum atomic E-state index is -1.20. The highest BCUT2D eigenvalue weighted by molar-refractivity contribution is 5.97. The summed E-state index contributed by atoms with van der Waals surface area (Å²) < 4.78 is 0. The summed E-state index contributed by atoms with van der Waals surface area (Å²) in [7, 11) is 0. The topological polar surface area (TPSA) is 64.9 Å². The molecular formula is C23H33N3O2. The van der Waals surface area contributed by atoms with Crippen molar-refractivity contribution >= 4 is 11.7 Å². The van der Waals surface area contributed by atoms with Crippen LogP contribution in [0.15, 0.2) is 35.4 Å². The average molecular weight is 384 g/mol. The number of urea groups is 1. The summed E-state index contributed by atoms with van der Waals surface area (Å²) in [4.78, 5) is 13.2. The molecule has 2 unspecified atom stereocenters. The standard InChI is InChI=1S/C23H33N3O2/c1-4-5-11-19-23(28,18-9-7-6-8-10-18)16-26(25-19)20(27)24-22(3)17-12-14-21(22,2)15-13-17/h6-10,17,28H,4-5,11-16H2,1-3H3,(H,24,27)/t17-,21+,22?,23?. The number of hydrogen-bond acceptors (Lipinski definition) is 3. The van der Waals surface area contributed by atoms with E-state index in [0.29, 0.717) is 18.1 Å². The lowest BCUT2D eigenvalue weighted by atomic mass is 9.76. The van der Waals surface area contributed by atoms with E-state index in [1.807, 2.05) is 30.3 Å². The third-order valence-corrected chi connectivity index (χ3v) is 7.88. The Kier molecular flexibility index (Phi) is 4.77. The first-order valence-corrected chi connectivity index (χ1v) is 10.8. The van der Waals surface area contributed by atoms with Gasteiger partial charge in [-0.25, -0.2) is 9.80 Å². The molecule has 1 aromatic rings. The zero-order valence-corrected chi connectivity index (χ0v) is 17.4. The van der Waals surface area contributed by atoms with Crippen molar-refractivity contribution in [3.8, 4) is 0 Å². The zero-order valence-electron chi connectivity index (χ0n) is 17.4. The van der Waals surface area contributed by atoms with E-state index in [2.05, 4.69) is 31.2 Å². The van der Waals surface area contributed by atoms with Gasteiger partial charge in [0.25, 0.3) is 0 Å². The van der Waals surface area contributed by atoms with Gasteiger partial charge >= 0.3 is 6.03 Å². The lowest BCUT2D eigenvalue weighted by molar-refractivity contribution is 0.0857. The van der Waals surface area contributed by atoms with Gasteiger partial charge in [-0.05, 0) is 62.3 Å². The van der Waals surface area contributed by atoms with Crippen LogP contribution < -0.4 is 5.32 Å². The van der Waals surface area contributed by atoms with Gasteiger partial charge in [-0.15, -0.1) is 0 Å². The molecular weight excluding hydrogens is 350 g/mol. The van der Waals surface area contributed by atoms with Crippen molar-refractivity contribution in [2.45, 2.75) is 76.9 Å². The second-order valence-electron chi connectivity index (χ2n) is 9.40. The molecule has 5 nitrogen and oxygen atoms in total. The van der Waals surface area contributed by atoms with Gasteiger partial charge in [0.1, 0.15) is 5.60 Å². The van der Waals surface area contributed by atoms with E-state index in [1.54, 1.807) is 0 Å². The molecule has 2 N–H and O–H groups in total. The van der Waals surface area contributed by atoms with Crippen molar-refractivity contribution in [3.05, 3.63) is 35.9 Å². The molecule has 0 saturated heterocycles. The molecule has 2 bridgehead atoms. The highest BCUT2D eigenvalue weighted by Crippen LogP contribution is 2.60. The Morgan fingerprint density at radius 2 is 1.93 bits per heavy atom. The van der Waals surface area contributed by atoms with Gasteiger partial charge in [-0.2, -0.15) is 5.10 Å². The van der Waals surface area contributed by atoms with Crippen LogP contribution in [0.3, 0.4) is 0 Å². The molecule has 2 atom stereocenters. The summed E-state index contributed by atoms with van der Waals surface area (Å²) in [6, 6.07) is 9.44. The first-order valence-electron chi connectivity index (χ1n) is 10.8. The Balaban J connectivity index is 1.57. The third-order valence-electron chi connectivity index (χ3n) is 7.88. The van der Waals surface area contributed by atoms with Gasteiger partial charge in [-0.3, -0.25) is 0 Å². The molecule has 2 amide bonds. The first kappa shape index (κ1) is 19.4. The monoisotopic (exact) mass is 383 g/mol. The van der Waals surface area contributed by atoms with Crippen LogP contribution in [0, 0.1) is 11.3 Å². The fourth-order valence-electron chi connectivity index (χ4n) is 5.65. The lowest BCUT2D eigenvalue weighted by Gasteiger charge is -2.39. The maximum absolute atomic E-state index is 13.2. The molecule has 2 fully saturated rings. The SMILES string of the molecule is CCCCC1=NN(C(=O)NC2(C)[C@H]3CC[C@]2(C)CC3)CC1(O)c1ccccc1. The molecule has 3 aliphatic rings. The number of carbonyl (C=O) groups is 1. The number of aliphatic hydroxyl groups is 1. The van der Waals surface area contributed by atoms with E-state index >= 15 is 0 Å². The number of hydrogen-bond donors (Lipinski definition) is 2. The van der Waals surface area contributed by atoms with Crippen LogP contribution in [0.1, 0.15) is 71.3 Å². The van der Waals surface area contributed by atoms with Crippen LogP contribution in [-0.4, -0.2) is 33.9 Å². The molecule has 0 radical (unpaired) electrons. The van der Waals surface area contributed by atoms with E-state index in [-0.39, 0.29) is 23.5 Å². The summed E-state index contributed by atoms with van der Waals surface area (Å²) in [6.45, 7) is 6.82. The smallest absolute Gasteiger partial charge is 0.338 e. The normalized spacial score (nSPS) is 36.6. The summed E-state index contributed by atoms with van der Waals surface area (Å²) in [5.41, 5.74) is 0.280. The number of fused-ring (bicyclic) bond motifs is 2. The maximum atomic E-state index is 13.2. The van der Waals surface area contributed by atoms with Crippen molar-refractivity contribution < 1.29 is 9.90 Å². The number of nitrogens with zero attached hydrogens (tertiary/aromatic N) is 2. The number of amides is 2. The number of rotatable bonds is 5. The van der Waals surface area contributed by atoms with Gasteiger partial charge in [0.2, 0.25) is 0 Å². The Bertz CT molecular complexity index is 769. The maximum Gasteiger partial charge on any atom is 0.338 e. The Labute approximate surface area is 168 Å². The predicted octanol–water partition coefficient (Wildman–Crippen LogP) is 4.41. The Hall–Kier alpha value is -1.88. The summed E-state index contributed by atoms with van der Waals surface area (Å²) in [6.07, 6.45) is 7.39. The van der Waals surface area contributed by atoms with E-state index < -0.39 is 5.60 Å². The van der Waals surface area contributed by atoms with Crippen molar-refractivity contribution in [2.24, 2.45) is 16.4 Å². The van der Waals surface area contributed by atoms with E-state index in [1.165, 1.54) is 30.7 Å². The Morgan fingerprint density at radius 3 is 2.50 bits per heavy atom. The molecule has 1 heterocycles. The molecule has 2 saturated carbocycles. The van der Waals surface area contributed by atoms with Crippen LogP contribution in [0.2, 0.25) is 0 Å². The number of unbranched alkanes of at least 4 members (excludes halogenated alkanes) is 1. The quantitative estimate of drug-likeness (QED) is 0.791. The number of hydrazone groups is 1. The van der Waals surface area contributed by atoms with Gasteiger partial charge in [0, 0.05) is 5.54 Å². The zero-order chi connectivity index (χ0) is 20.0. The summed E-state index contributed by atoms with van der Waals surface area (Å²) >= 11 is 0. The number of carbonyl (C=O) groups excluding carboxylic acids is 1. The van der Waals surface area contributed by atoms with E-state index in [0.717, 1.165) is 18.4 Å². The van der Waals surface area contributed by atoms with Crippen molar-refractivity contribution in [3.63, 3.8) is 0 Å². The van der Waals surface area contributed by atoms with Crippen LogP contribution in [0.4, 0.5) is 4.79 Å². The molecule has 4 rings (SSSR count). The third kappa shape index (κ3) is 2.86.